The fourth-order valence-corrected chi connectivity index (χ4v) is 3.52. The van der Waals surface area contributed by atoms with Crippen molar-refractivity contribution in [3.05, 3.63) is 70.2 Å². The molecule has 2 amide bonds. The van der Waals surface area contributed by atoms with Gasteiger partial charge in [0, 0.05) is 10.0 Å². The molecular weight excluding hydrogens is 429 g/mol. The molecule has 1 saturated heterocycles. The summed E-state index contributed by atoms with van der Waals surface area (Å²) in [5, 5.41) is 14.3. The number of carbonyl (C=O) groups excluding carboxylic acids is 2. The van der Waals surface area contributed by atoms with Crippen LogP contribution in [0, 0.1) is 5.92 Å². The van der Waals surface area contributed by atoms with E-state index in [0.717, 1.165) is 0 Å². The molecule has 142 valence electrons. The first kappa shape index (κ1) is 19.4. The molecule has 0 saturated carbocycles. The van der Waals surface area contributed by atoms with Crippen LogP contribution in [0.25, 0.3) is 0 Å². The summed E-state index contributed by atoms with van der Waals surface area (Å²) in [7, 11) is 0. The van der Waals surface area contributed by atoms with Gasteiger partial charge in [0.1, 0.15) is 5.92 Å². The summed E-state index contributed by atoms with van der Waals surface area (Å²) in [6, 6.07) is 10.9. The Morgan fingerprint density at radius 1 is 1.11 bits per heavy atom. The average Bonchev–Trinajstić information content (AvgIpc) is 2.60. The summed E-state index contributed by atoms with van der Waals surface area (Å²) < 4.78 is 41.8. The minimum absolute atomic E-state index is 0.0110. The van der Waals surface area contributed by atoms with Crippen LogP contribution in [0.4, 0.5) is 18.0 Å². The lowest BCUT2D eigenvalue weighted by Crippen LogP contribution is -2.72. The number of alkyl halides is 3. The Kier molecular flexibility index (Phi) is 5.00. The van der Waals surface area contributed by atoms with Crippen molar-refractivity contribution in [2.24, 2.45) is 5.92 Å². The highest BCUT2D eigenvalue weighted by atomic mass is 79.9. The number of halogens is 4. The molecule has 3 N–H and O–H groups in total. The summed E-state index contributed by atoms with van der Waals surface area (Å²) in [4.78, 5) is 24.9. The van der Waals surface area contributed by atoms with Crippen LogP contribution < -0.4 is 10.6 Å². The van der Waals surface area contributed by atoms with Gasteiger partial charge in [0.15, 0.2) is 5.78 Å². The molecule has 0 radical (unpaired) electrons. The zero-order valence-electron chi connectivity index (χ0n) is 13.6. The standard InChI is InChI=1S/C18H14BrF3N2O3/c19-12-8-4-7-11(9-12)14-13(15(25)10-5-2-1-3-6-10)17(27,18(20,21)22)24-16(26)23-14/h1-9,13-14,27H,(H2,23,24,26)/t13-,14-,17+/m0/s1. The third kappa shape index (κ3) is 3.57. The molecule has 3 rings (SSSR count). The molecular formula is C18H14BrF3N2O3. The zero-order valence-corrected chi connectivity index (χ0v) is 15.2. The quantitative estimate of drug-likeness (QED) is 0.636. The van der Waals surface area contributed by atoms with Gasteiger partial charge in [-0.1, -0.05) is 58.4 Å². The van der Waals surface area contributed by atoms with Gasteiger partial charge < -0.3 is 15.7 Å². The number of ketones is 1. The van der Waals surface area contributed by atoms with Gasteiger partial charge in [-0.15, -0.1) is 0 Å². The van der Waals surface area contributed by atoms with E-state index in [4.69, 9.17) is 0 Å². The number of nitrogens with one attached hydrogen (secondary N) is 2. The minimum atomic E-state index is -5.27. The summed E-state index contributed by atoms with van der Waals surface area (Å²) in [5.41, 5.74) is -3.49. The Morgan fingerprint density at radius 2 is 1.78 bits per heavy atom. The first-order chi connectivity index (χ1) is 12.6. The summed E-state index contributed by atoms with van der Waals surface area (Å²) in [6.45, 7) is 0. The van der Waals surface area contributed by atoms with E-state index in [1.54, 1.807) is 18.2 Å². The lowest BCUT2D eigenvalue weighted by atomic mass is 9.77. The predicted molar refractivity (Wildman–Crippen MR) is 93.8 cm³/mol. The maximum atomic E-state index is 13.7. The molecule has 0 unspecified atom stereocenters. The number of benzene rings is 2. The molecule has 9 heteroatoms. The van der Waals surface area contributed by atoms with Gasteiger partial charge in [-0.25, -0.2) is 4.79 Å². The number of amides is 2. The predicted octanol–water partition coefficient (Wildman–Crippen LogP) is 3.55. The normalized spacial score (nSPS) is 25.4. The molecule has 27 heavy (non-hydrogen) atoms. The van der Waals surface area contributed by atoms with Crippen LogP contribution in [0.5, 0.6) is 0 Å². The Hall–Kier alpha value is -2.39. The Labute approximate surface area is 160 Å². The molecule has 1 aliphatic heterocycles. The van der Waals surface area contributed by atoms with Gasteiger partial charge in [0.05, 0.1) is 6.04 Å². The molecule has 3 atom stereocenters. The molecule has 5 nitrogen and oxygen atoms in total. The largest absolute Gasteiger partial charge is 0.437 e. The van der Waals surface area contributed by atoms with Crippen LogP contribution in [0.2, 0.25) is 0 Å². The number of urea groups is 1. The zero-order chi connectivity index (χ0) is 19.8. The first-order valence-electron chi connectivity index (χ1n) is 7.86. The fraction of sp³-hybridized carbons (Fsp3) is 0.222. The Morgan fingerprint density at radius 3 is 2.37 bits per heavy atom. The van der Waals surface area contributed by atoms with Crippen molar-refractivity contribution in [2.75, 3.05) is 0 Å². The number of carbonyl (C=O) groups is 2. The first-order valence-corrected chi connectivity index (χ1v) is 8.65. The second-order valence-corrected chi connectivity index (χ2v) is 7.02. The third-order valence-electron chi connectivity index (χ3n) is 4.35. The molecule has 0 bridgehead atoms. The number of rotatable bonds is 3. The van der Waals surface area contributed by atoms with E-state index in [2.05, 4.69) is 21.2 Å². The molecule has 2 aromatic carbocycles. The van der Waals surface area contributed by atoms with Crippen LogP contribution in [0.3, 0.4) is 0 Å². The van der Waals surface area contributed by atoms with Crippen molar-refractivity contribution in [2.45, 2.75) is 17.9 Å². The average molecular weight is 443 g/mol. The molecule has 2 aromatic rings. The van der Waals surface area contributed by atoms with Gasteiger partial charge in [-0.3, -0.25) is 4.79 Å². The van der Waals surface area contributed by atoms with Crippen LogP contribution in [0.1, 0.15) is 22.0 Å². The lowest BCUT2D eigenvalue weighted by molar-refractivity contribution is -0.287. The second kappa shape index (κ2) is 6.97. The van der Waals surface area contributed by atoms with E-state index in [0.29, 0.717) is 4.47 Å². The van der Waals surface area contributed by atoms with E-state index in [1.165, 1.54) is 41.7 Å². The molecule has 1 fully saturated rings. The van der Waals surface area contributed by atoms with Gasteiger partial charge in [0.25, 0.3) is 0 Å². The van der Waals surface area contributed by atoms with Crippen molar-refractivity contribution in [1.82, 2.24) is 10.6 Å². The summed E-state index contributed by atoms with van der Waals surface area (Å²) in [5.74, 6) is -2.99. The topological polar surface area (TPSA) is 78.4 Å². The van der Waals surface area contributed by atoms with Crippen LogP contribution in [0.15, 0.2) is 59.1 Å². The Balaban J connectivity index is 2.17. The molecule has 1 heterocycles. The highest BCUT2D eigenvalue weighted by Crippen LogP contribution is 2.44. The van der Waals surface area contributed by atoms with Crippen molar-refractivity contribution in [1.29, 1.82) is 0 Å². The highest BCUT2D eigenvalue weighted by molar-refractivity contribution is 9.10. The van der Waals surface area contributed by atoms with Crippen LogP contribution in [-0.2, 0) is 0 Å². The van der Waals surface area contributed by atoms with E-state index in [9.17, 15) is 27.9 Å². The van der Waals surface area contributed by atoms with Gasteiger partial charge in [-0.2, -0.15) is 13.2 Å². The van der Waals surface area contributed by atoms with Crippen molar-refractivity contribution >= 4 is 27.7 Å². The van der Waals surface area contributed by atoms with Crippen molar-refractivity contribution < 1.29 is 27.9 Å². The number of hydrogen-bond acceptors (Lipinski definition) is 3. The third-order valence-corrected chi connectivity index (χ3v) is 4.85. The summed E-state index contributed by atoms with van der Waals surface area (Å²) >= 11 is 3.22. The molecule has 0 aliphatic carbocycles. The molecule has 1 aliphatic rings. The fourth-order valence-electron chi connectivity index (χ4n) is 3.10. The Bertz CT molecular complexity index is 876. The number of hydrogen-bond donors (Lipinski definition) is 3. The van der Waals surface area contributed by atoms with Crippen LogP contribution in [-0.4, -0.2) is 28.8 Å². The second-order valence-electron chi connectivity index (χ2n) is 6.10. The SMILES string of the molecule is O=C1N[C@@H](c2cccc(Br)c2)[C@@H](C(=O)c2ccccc2)[C@@](O)(C(F)(F)F)N1. The van der Waals surface area contributed by atoms with Gasteiger partial charge in [-0.05, 0) is 17.7 Å². The number of aliphatic hydroxyl groups is 1. The monoisotopic (exact) mass is 442 g/mol. The lowest BCUT2D eigenvalue weighted by Gasteiger charge is -2.45. The number of Topliss-reactive ketones (excluding diaryl/α,β-unsaturated/α-hetero) is 1. The maximum absolute atomic E-state index is 13.7. The minimum Gasteiger partial charge on any atom is -0.363 e. The molecule has 0 aromatic heterocycles. The summed E-state index contributed by atoms with van der Waals surface area (Å²) in [6.07, 6.45) is -5.27. The van der Waals surface area contributed by atoms with Crippen LogP contribution >= 0.6 is 15.9 Å². The van der Waals surface area contributed by atoms with E-state index in [1.807, 2.05) is 0 Å². The van der Waals surface area contributed by atoms with Gasteiger partial charge in [0.2, 0.25) is 5.72 Å². The van der Waals surface area contributed by atoms with E-state index >= 15 is 0 Å². The van der Waals surface area contributed by atoms with Gasteiger partial charge >= 0.3 is 12.2 Å². The molecule has 0 spiro atoms. The smallest absolute Gasteiger partial charge is 0.363 e. The van der Waals surface area contributed by atoms with Crippen molar-refractivity contribution in [3.8, 4) is 0 Å². The maximum Gasteiger partial charge on any atom is 0.437 e. The van der Waals surface area contributed by atoms with Crippen molar-refractivity contribution in [3.63, 3.8) is 0 Å². The van der Waals surface area contributed by atoms with E-state index < -0.39 is 35.7 Å². The highest BCUT2D eigenvalue weighted by Gasteiger charge is 2.66. The van der Waals surface area contributed by atoms with E-state index in [-0.39, 0.29) is 11.1 Å².